The molecule has 0 radical (unpaired) electrons. The van der Waals surface area contributed by atoms with Gasteiger partial charge in [-0.3, -0.25) is 0 Å². The first kappa shape index (κ1) is 52.5. The quantitative estimate of drug-likeness (QED) is 0.0826. The zero-order valence-electron chi connectivity index (χ0n) is 45.2. The lowest BCUT2D eigenvalue weighted by atomic mass is 9.85. The van der Waals surface area contributed by atoms with Crippen LogP contribution < -0.4 is 18.9 Å². The van der Waals surface area contributed by atoms with Crippen LogP contribution in [0.25, 0.3) is 22.3 Å². The van der Waals surface area contributed by atoms with E-state index in [1.807, 2.05) is 116 Å². The topological polar surface area (TPSA) is 86.4 Å². The lowest BCUT2D eigenvalue weighted by Crippen LogP contribution is -2.09. The maximum absolute atomic E-state index is 6.83. The molecular formula is C68H68N4O4. The average Bonchev–Trinajstić information content (AvgIpc) is 4.27. The summed E-state index contributed by atoms with van der Waals surface area (Å²) in [6, 6.07) is 32.8. The summed E-state index contributed by atoms with van der Waals surface area (Å²) in [5.41, 5.74) is 17.0. The zero-order chi connectivity index (χ0) is 53.0. The van der Waals surface area contributed by atoms with Crippen molar-refractivity contribution in [2.24, 2.45) is 20.0 Å². The van der Waals surface area contributed by atoms with E-state index in [2.05, 4.69) is 110 Å². The van der Waals surface area contributed by atoms with Gasteiger partial charge in [-0.1, -0.05) is 126 Å². The molecule has 5 heterocycles. The molecule has 0 saturated carbocycles. The summed E-state index contributed by atoms with van der Waals surface area (Å²) in [5.74, 6) is 2.70. The van der Waals surface area contributed by atoms with Crippen LogP contribution in [0.3, 0.4) is 0 Å². The second kappa shape index (κ2) is 24.8. The van der Waals surface area contributed by atoms with Gasteiger partial charge in [0.25, 0.3) is 0 Å². The summed E-state index contributed by atoms with van der Waals surface area (Å²) in [4.78, 5) is 21.8. The summed E-state index contributed by atoms with van der Waals surface area (Å²) in [6.07, 6.45) is 31.5. The van der Waals surface area contributed by atoms with Crippen LogP contribution in [0.5, 0.6) is 23.0 Å². The van der Waals surface area contributed by atoms with Crippen molar-refractivity contribution in [1.29, 1.82) is 0 Å². The van der Waals surface area contributed by atoms with Crippen LogP contribution in [0, 0.1) is 0 Å². The van der Waals surface area contributed by atoms with E-state index in [-0.39, 0.29) is 0 Å². The van der Waals surface area contributed by atoms with Gasteiger partial charge in [0.05, 0.1) is 70.7 Å². The third-order valence-electron chi connectivity index (χ3n) is 13.3. The number of para-hydroxylation sites is 4. The molecule has 0 amide bonds. The van der Waals surface area contributed by atoms with E-state index in [0.29, 0.717) is 45.8 Å². The molecule has 0 fully saturated rings. The van der Waals surface area contributed by atoms with Gasteiger partial charge in [0, 0.05) is 44.5 Å². The highest BCUT2D eigenvalue weighted by molar-refractivity contribution is 6.51. The van der Waals surface area contributed by atoms with Crippen molar-refractivity contribution in [3.05, 3.63) is 238 Å². The Morgan fingerprint density at radius 1 is 0.382 bits per heavy atom. The van der Waals surface area contributed by atoms with Crippen molar-refractivity contribution in [2.45, 2.75) is 107 Å². The lowest BCUT2D eigenvalue weighted by Gasteiger charge is -2.21. The minimum absolute atomic E-state index is 0.647. The number of benzene rings is 4. The van der Waals surface area contributed by atoms with Crippen molar-refractivity contribution >= 4 is 45.1 Å². The molecule has 5 aliphatic rings. The second-order valence-corrected chi connectivity index (χ2v) is 19.7. The van der Waals surface area contributed by atoms with E-state index in [1.54, 1.807) is 0 Å². The van der Waals surface area contributed by atoms with Crippen molar-refractivity contribution in [3.63, 3.8) is 0 Å². The molecule has 0 aromatic heterocycles. The van der Waals surface area contributed by atoms with Crippen LogP contribution in [0.2, 0.25) is 0 Å². The van der Waals surface area contributed by atoms with Crippen LogP contribution in [-0.4, -0.2) is 22.8 Å². The summed E-state index contributed by atoms with van der Waals surface area (Å²) < 4.78 is 27.1. The van der Waals surface area contributed by atoms with Gasteiger partial charge < -0.3 is 18.9 Å². The number of hydrogen-bond acceptors (Lipinski definition) is 8. The van der Waals surface area contributed by atoms with Crippen LogP contribution >= 0.6 is 0 Å². The van der Waals surface area contributed by atoms with Gasteiger partial charge in [0.1, 0.15) is 23.0 Å². The predicted octanol–water partition coefficient (Wildman–Crippen LogP) is 18.0. The fourth-order valence-electron chi connectivity index (χ4n) is 9.72. The number of ether oxygens (including phenoxy) is 4. The van der Waals surface area contributed by atoms with Gasteiger partial charge in [-0.2, -0.15) is 0 Å². The van der Waals surface area contributed by atoms with E-state index >= 15 is 0 Å². The molecule has 8 bridgehead atoms. The van der Waals surface area contributed by atoms with Gasteiger partial charge in [-0.25, -0.2) is 20.0 Å². The van der Waals surface area contributed by atoms with E-state index in [1.165, 1.54) is 0 Å². The Kier molecular flexibility index (Phi) is 17.1. The van der Waals surface area contributed by atoms with Crippen LogP contribution in [0.4, 0.5) is 0 Å². The highest BCUT2D eigenvalue weighted by Gasteiger charge is 2.36. The summed E-state index contributed by atoms with van der Waals surface area (Å²) in [7, 11) is 0. The Balaban J connectivity index is 1.45. The normalized spacial score (nSPS) is 16.5. The number of hydrogen-bond donors (Lipinski definition) is 0. The maximum atomic E-state index is 6.83. The highest BCUT2D eigenvalue weighted by atomic mass is 16.5. The molecule has 8 nitrogen and oxygen atoms in total. The molecule has 8 heteroatoms. The Labute approximate surface area is 449 Å². The first-order chi connectivity index (χ1) is 37.1. The third-order valence-corrected chi connectivity index (χ3v) is 13.3. The van der Waals surface area contributed by atoms with Crippen molar-refractivity contribution in [1.82, 2.24) is 0 Å². The number of nitrogens with zero attached hydrogens (tertiary/aromatic N) is 4. The molecule has 0 atom stereocenters. The average molecular weight is 1010 g/mol. The molecule has 0 aliphatic carbocycles. The Morgan fingerprint density at radius 3 is 1.22 bits per heavy atom. The van der Waals surface area contributed by atoms with Crippen molar-refractivity contribution < 1.29 is 18.9 Å². The number of rotatable bonds is 20. The summed E-state index contributed by atoms with van der Waals surface area (Å²) in [6.45, 7) is 17.2. The molecule has 4 aromatic rings. The minimum atomic E-state index is 0.647. The maximum Gasteiger partial charge on any atom is 0.134 e. The lowest BCUT2D eigenvalue weighted by molar-refractivity contribution is 0.470. The molecule has 4 aromatic carbocycles. The number of allylic oxidation sites excluding steroid dienone is 16. The van der Waals surface area contributed by atoms with Gasteiger partial charge in [-0.05, 0) is 149 Å². The fourth-order valence-corrected chi connectivity index (χ4v) is 9.72. The molecule has 0 unspecified atom stereocenters. The molecule has 0 saturated heterocycles. The molecule has 0 N–H and O–H groups in total. The van der Waals surface area contributed by atoms with Gasteiger partial charge >= 0.3 is 0 Å². The summed E-state index contributed by atoms with van der Waals surface area (Å²) in [5, 5.41) is 0. The Morgan fingerprint density at radius 2 is 0.763 bits per heavy atom. The summed E-state index contributed by atoms with van der Waals surface area (Å²) >= 11 is 0. The van der Waals surface area contributed by atoms with Crippen LogP contribution in [0.1, 0.15) is 129 Å². The van der Waals surface area contributed by atoms with E-state index in [4.69, 9.17) is 38.9 Å². The van der Waals surface area contributed by atoms with Gasteiger partial charge in [0.2, 0.25) is 0 Å². The standard InChI is InChI=1S/C68H68N4O4/c1-9-21-45(5)41-73-60-29-17-13-25-54(60)58-39-53-38-51-34-33-49(69-51)37-50-35-36-52(70-50)40-59-64(55-26-14-18-30-61(55)74-42-46(6)22-10-2)65(56-27-15-19-31-62(56)75-43-47(7)23-11-3)68(72-59)66(67(58)71-53)57-28-16-20-32-63(57)76-44-48(8)24-12-4/h13-20,25-44H,9-12,21-24H2,1-8H3. The molecule has 9 rings (SSSR count). The highest BCUT2D eigenvalue weighted by Crippen LogP contribution is 2.51. The fraction of sp³-hybridized carbons (Fsp3) is 0.235. The molecule has 5 aliphatic heterocycles. The molecular weight excluding hydrogens is 937 g/mol. The smallest absolute Gasteiger partial charge is 0.134 e. The van der Waals surface area contributed by atoms with E-state index < -0.39 is 0 Å². The van der Waals surface area contributed by atoms with Gasteiger partial charge in [-0.15, -0.1) is 0 Å². The first-order valence-corrected chi connectivity index (χ1v) is 26.9. The number of aliphatic imine (C=N–C) groups is 4. The monoisotopic (exact) mass is 1000 g/mol. The molecule has 76 heavy (non-hydrogen) atoms. The Hall–Kier alpha value is -8.36. The zero-order valence-corrected chi connectivity index (χ0v) is 45.2. The first-order valence-electron chi connectivity index (χ1n) is 26.9. The van der Waals surface area contributed by atoms with Crippen molar-refractivity contribution in [3.8, 4) is 23.0 Å². The Bertz CT molecular complexity index is 3440. The van der Waals surface area contributed by atoms with Crippen molar-refractivity contribution in [2.75, 3.05) is 0 Å². The molecule has 384 valence electrons. The van der Waals surface area contributed by atoms with E-state index in [9.17, 15) is 0 Å². The largest absolute Gasteiger partial charge is 0.464 e. The molecule has 0 spiro atoms. The van der Waals surface area contributed by atoms with Crippen LogP contribution in [-0.2, 0) is 0 Å². The minimum Gasteiger partial charge on any atom is -0.464 e. The third kappa shape index (κ3) is 12.2. The van der Waals surface area contributed by atoms with E-state index in [0.717, 1.165) is 141 Å². The number of fused-ring (bicyclic) bond motifs is 4. The SMILES string of the molecule is CCCC(C)=COc1ccccc1C1=CC2=CC3=NC(=CC4=NC(=CC5=NC(=C(c6ccccc6OC=C(C)CCC)C1=N2)C(c1ccccc1OC=C(C)CCC)=C5c1ccccc1OC=C(C)CCC)C=C4)C=C3. The van der Waals surface area contributed by atoms with Gasteiger partial charge in [0.15, 0.2) is 0 Å². The van der Waals surface area contributed by atoms with Crippen LogP contribution in [0.15, 0.2) is 236 Å². The predicted molar refractivity (Wildman–Crippen MR) is 317 cm³/mol. The second-order valence-electron chi connectivity index (χ2n) is 19.7.